The molecule has 0 spiro atoms. The van der Waals surface area contributed by atoms with E-state index in [-0.39, 0.29) is 17.9 Å². The molecule has 0 aliphatic rings. The van der Waals surface area contributed by atoms with E-state index in [1.165, 1.54) is 25.1 Å². The number of anilines is 1. The molecule has 0 saturated heterocycles. The Kier molecular flexibility index (Phi) is 7.98. The van der Waals surface area contributed by atoms with Crippen molar-refractivity contribution >= 4 is 22.5 Å². The zero-order chi connectivity index (χ0) is 22.9. The number of aromatic nitrogens is 3. The smallest absolute Gasteiger partial charge is 0.261 e. The third-order valence-electron chi connectivity index (χ3n) is 4.70. The fraction of sp³-hybridized carbons (Fsp3) is 0.364. The summed E-state index contributed by atoms with van der Waals surface area (Å²) in [6.45, 7) is 1.08. The van der Waals surface area contributed by atoms with Crippen LogP contribution in [-0.4, -0.2) is 55.0 Å². The molecule has 3 aromatic rings. The van der Waals surface area contributed by atoms with Crippen LogP contribution in [0.5, 0.6) is 17.4 Å². The molecule has 0 atom stereocenters. The fourth-order valence-corrected chi connectivity index (χ4v) is 3.09. The lowest BCUT2D eigenvalue weighted by Gasteiger charge is -2.12. The van der Waals surface area contributed by atoms with Crippen molar-refractivity contribution in [3.05, 3.63) is 47.1 Å². The number of pyridine rings is 1. The summed E-state index contributed by atoms with van der Waals surface area (Å²) in [4.78, 5) is 33.7. The monoisotopic (exact) mass is 442 g/mol. The first-order valence-corrected chi connectivity index (χ1v) is 10.0. The van der Waals surface area contributed by atoms with Crippen molar-refractivity contribution in [1.29, 1.82) is 0 Å². The van der Waals surface area contributed by atoms with Crippen molar-refractivity contribution < 1.29 is 23.7 Å². The first-order chi connectivity index (χ1) is 15.6. The highest BCUT2D eigenvalue weighted by molar-refractivity contribution is 5.91. The fourth-order valence-electron chi connectivity index (χ4n) is 3.09. The lowest BCUT2D eigenvalue weighted by molar-refractivity contribution is -0.116. The molecule has 10 heteroatoms. The molecule has 0 bridgehead atoms. The summed E-state index contributed by atoms with van der Waals surface area (Å²) in [5, 5.41) is 3.21. The van der Waals surface area contributed by atoms with E-state index in [0.717, 1.165) is 0 Å². The minimum absolute atomic E-state index is 0.206. The number of rotatable bonds is 11. The molecule has 1 aromatic carbocycles. The van der Waals surface area contributed by atoms with Crippen molar-refractivity contribution in [3.8, 4) is 17.4 Å². The summed E-state index contributed by atoms with van der Waals surface area (Å²) < 4.78 is 22.5. The van der Waals surface area contributed by atoms with Crippen molar-refractivity contribution in [2.24, 2.45) is 0 Å². The van der Waals surface area contributed by atoms with Crippen LogP contribution in [0.2, 0.25) is 0 Å². The van der Waals surface area contributed by atoms with E-state index in [1.54, 1.807) is 37.6 Å². The molecule has 0 saturated carbocycles. The van der Waals surface area contributed by atoms with Gasteiger partial charge in [0.05, 0.1) is 38.1 Å². The second-order valence-electron chi connectivity index (χ2n) is 6.82. The molecular weight excluding hydrogens is 416 g/mol. The van der Waals surface area contributed by atoms with E-state index in [1.807, 2.05) is 0 Å². The maximum Gasteiger partial charge on any atom is 0.261 e. The number of nitrogens with one attached hydrogen (secondary N) is 1. The van der Waals surface area contributed by atoms with Crippen LogP contribution in [-0.2, 0) is 16.1 Å². The molecule has 0 unspecified atom stereocenters. The van der Waals surface area contributed by atoms with Gasteiger partial charge in [-0.05, 0) is 24.6 Å². The third kappa shape index (κ3) is 5.52. The van der Waals surface area contributed by atoms with Crippen LogP contribution in [0.1, 0.15) is 12.8 Å². The average Bonchev–Trinajstić information content (AvgIpc) is 2.81. The van der Waals surface area contributed by atoms with Gasteiger partial charge < -0.3 is 24.3 Å². The predicted octanol–water partition coefficient (Wildman–Crippen LogP) is 2.25. The molecule has 1 amide bonds. The van der Waals surface area contributed by atoms with Crippen LogP contribution >= 0.6 is 0 Å². The maximum absolute atomic E-state index is 12.8. The summed E-state index contributed by atoms with van der Waals surface area (Å²) in [6, 6.07) is 6.70. The largest absolute Gasteiger partial charge is 0.493 e. The quantitative estimate of drug-likeness (QED) is 0.450. The molecule has 2 heterocycles. The van der Waals surface area contributed by atoms with Gasteiger partial charge in [0.1, 0.15) is 12.3 Å². The van der Waals surface area contributed by atoms with Crippen molar-refractivity contribution in [2.45, 2.75) is 19.4 Å². The van der Waals surface area contributed by atoms with Gasteiger partial charge in [-0.25, -0.2) is 9.97 Å². The Bertz CT molecular complexity index is 1130. The van der Waals surface area contributed by atoms with E-state index in [9.17, 15) is 9.59 Å². The van der Waals surface area contributed by atoms with E-state index in [4.69, 9.17) is 18.9 Å². The topological polar surface area (TPSA) is 114 Å². The highest BCUT2D eigenvalue weighted by Crippen LogP contribution is 2.29. The number of carbonyl (C=O) groups is 1. The number of aryl methyl sites for hydroxylation is 1. The molecule has 3 rings (SSSR count). The molecule has 0 radical (unpaired) electrons. The summed E-state index contributed by atoms with van der Waals surface area (Å²) in [5.41, 5.74) is 0.788. The van der Waals surface area contributed by atoms with Gasteiger partial charge in [-0.1, -0.05) is 0 Å². The van der Waals surface area contributed by atoms with Gasteiger partial charge in [0, 0.05) is 32.3 Å². The minimum atomic E-state index is -0.211. The Labute approximate surface area is 185 Å². The summed E-state index contributed by atoms with van der Waals surface area (Å²) in [7, 11) is 4.61. The van der Waals surface area contributed by atoms with Crippen molar-refractivity contribution in [1.82, 2.24) is 14.5 Å². The van der Waals surface area contributed by atoms with Crippen LogP contribution in [0.25, 0.3) is 10.9 Å². The van der Waals surface area contributed by atoms with Gasteiger partial charge in [-0.15, -0.1) is 0 Å². The number of nitrogens with zero attached hydrogens (tertiary/aromatic N) is 3. The standard InChI is InChI=1S/C22H26N4O6/c1-29-10-11-32-21-16(6-4-8-23-21)25-20(27)7-5-9-26-14-24-17-13-19(31-3)18(30-2)12-15(17)22(26)28/h4,6,8,12-14H,5,7,9-11H2,1-3H3,(H,25,27). The highest BCUT2D eigenvalue weighted by Gasteiger charge is 2.12. The Morgan fingerprint density at radius 2 is 1.88 bits per heavy atom. The lowest BCUT2D eigenvalue weighted by atomic mass is 10.2. The number of hydrogen-bond acceptors (Lipinski definition) is 8. The van der Waals surface area contributed by atoms with Crippen LogP contribution in [0.4, 0.5) is 5.69 Å². The number of carbonyl (C=O) groups excluding carboxylic acids is 1. The summed E-state index contributed by atoms with van der Waals surface area (Å²) >= 11 is 0. The molecule has 170 valence electrons. The molecule has 32 heavy (non-hydrogen) atoms. The highest BCUT2D eigenvalue weighted by atomic mass is 16.5. The zero-order valence-corrected chi connectivity index (χ0v) is 18.3. The average molecular weight is 442 g/mol. The number of hydrogen-bond donors (Lipinski definition) is 1. The van der Waals surface area contributed by atoms with Crippen LogP contribution < -0.4 is 25.1 Å². The van der Waals surface area contributed by atoms with Crippen LogP contribution in [0.15, 0.2) is 41.6 Å². The number of benzene rings is 1. The van der Waals surface area contributed by atoms with Gasteiger partial charge in [0.15, 0.2) is 11.5 Å². The van der Waals surface area contributed by atoms with E-state index >= 15 is 0 Å². The van der Waals surface area contributed by atoms with Crippen LogP contribution in [0.3, 0.4) is 0 Å². The second kappa shape index (κ2) is 11.1. The van der Waals surface area contributed by atoms with Crippen molar-refractivity contribution in [3.63, 3.8) is 0 Å². The molecule has 0 fully saturated rings. The Morgan fingerprint density at radius 1 is 1.09 bits per heavy atom. The van der Waals surface area contributed by atoms with Gasteiger partial charge in [0.2, 0.25) is 11.8 Å². The Balaban J connectivity index is 1.62. The van der Waals surface area contributed by atoms with Gasteiger partial charge >= 0.3 is 0 Å². The normalized spacial score (nSPS) is 10.7. The number of methoxy groups -OCH3 is 3. The van der Waals surface area contributed by atoms with E-state index < -0.39 is 0 Å². The first-order valence-electron chi connectivity index (χ1n) is 10.0. The van der Waals surface area contributed by atoms with E-state index in [2.05, 4.69) is 15.3 Å². The molecule has 2 aromatic heterocycles. The molecule has 10 nitrogen and oxygen atoms in total. The summed E-state index contributed by atoms with van der Waals surface area (Å²) in [6.07, 6.45) is 3.72. The molecule has 0 aliphatic carbocycles. The van der Waals surface area contributed by atoms with Crippen LogP contribution in [0, 0.1) is 0 Å². The number of ether oxygens (including phenoxy) is 4. The predicted molar refractivity (Wildman–Crippen MR) is 119 cm³/mol. The Morgan fingerprint density at radius 3 is 2.62 bits per heavy atom. The second-order valence-corrected chi connectivity index (χ2v) is 6.82. The number of amides is 1. The first kappa shape index (κ1) is 23.0. The minimum Gasteiger partial charge on any atom is -0.493 e. The van der Waals surface area contributed by atoms with Gasteiger partial charge in [-0.2, -0.15) is 0 Å². The molecular formula is C22H26N4O6. The molecule has 0 aliphatic heterocycles. The SMILES string of the molecule is COCCOc1ncccc1NC(=O)CCCn1cnc2cc(OC)c(OC)cc2c1=O. The summed E-state index contributed by atoms with van der Waals surface area (Å²) in [5.74, 6) is 1.08. The van der Waals surface area contributed by atoms with E-state index in [0.29, 0.717) is 60.1 Å². The van der Waals surface area contributed by atoms with Gasteiger partial charge in [0.25, 0.3) is 5.56 Å². The lowest BCUT2D eigenvalue weighted by Crippen LogP contribution is -2.22. The molecule has 1 N–H and O–H groups in total. The van der Waals surface area contributed by atoms with Crippen molar-refractivity contribution in [2.75, 3.05) is 39.9 Å². The number of fused-ring (bicyclic) bond motifs is 1. The maximum atomic E-state index is 12.8. The van der Waals surface area contributed by atoms with Gasteiger partial charge in [-0.3, -0.25) is 14.2 Å². The Hall–Kier alpha value is -3.66. The third-order valence-corrected chi connectivity index (χ3v) is 4.70. The zero-order valence-electron chi connectivity index (χ0n) is 18.3.